The van der Waals surface area contributed by atoms with Gasteiger partial charge < -0.3 is 4.43 Å². The van der Waals surface area contributed by atoms with E-state index in [2.05, 4.69) is 48.5 Å². The number of halogens is 1. The van der Waals surface area contributed by atoms with Crippen molar-refractivity contribution in [3.05, 3.63) is 60.7 Å². The van der Waals surface area contributed by atoms with E-state index in [1.165, 1.54) is 10.4 Å². The summed E-state index contributed by atoms with van der Waals surface area (Å²) in [4.78, 5) is 0. The van der Waals surface area contributed by atoms with Gasteiger partial charge in [-0.05, 0) is 23.2 Å². The van der Waals surface area contributed by atoms with E-state index in [4.69, 9.17) is 16.0 Å². The first-order chi connectivity index (χ1) is 9.42. The molecule has 0 aromatic heterocycles. The van der Waals surface area contributed by atoms with E-state index in [9.17, 15) is 0 Å². The summed E-state index contributed by atoms with van der Waals surface area (Å²) in [7, 11) is -1.54. The highest BCUT2D eigenvalue weighted by molar-refractivity contribution is 6.80. The van der Waals surface area contributed by atoms with Gasteiger partial charge in [-0.1, -0.05) is 60.7 Å². The lowest BCUT2D eigenvalue weighted by molar-refractivity contribution is 0.324. The van der Waals surface area contributed by atoms with Crippen molar-refractivity contribution in [3.63, 3.8) is 0 Å². The molecule has 100 valence electrons. The van der Waals surface area contributed by atoms with E-state index in [1.54, 1.807) is 0 Å². The Hall–Kier alpha value is -1.09. The van der Waals surface area contributed by atoms with Crippen LogP contribution in [0.5, 0.6) is 0 Å². The van der Waals surface area contributed by atoms with Crippen LogP contribution in [0.15, 0.2) is 60.7 Å². The molecule has 0 saturated carbocycles. The van der Waals surface area contributed by atoms with Gasteiger partial charge in [0.25, 0.3) is 0 Å². The summed E-state index contributed by atoms with van der Waals surface area (Å²) < 4.78 is 6.20. The lowest BCUT2D eigenvalue weighted by Crippen LogP contribution is -2.45. The third kappa shape index (κ3) is 4.50. The first kappa shape index (κ1) is 14.3. The molecule has 0 atom stereocenters. The van der Waals surface area contributed by atoms with Crippen LogP contribution in [0.2, 0.25) is 0 Å². The maximum atomic E-state index is 6.20. The number of rotatable bonds is 7. The SMILES string of the molecule is ClCCCCO[SiH](c1ccccc1)c1ccccc1. The molecule has 0 bridgehead atoms. The van der Waals surface area contributed by atoms with Crippen molar-refractivity contribution in [2.24, 2.45) is 0 Å². The Morgan fingerprint density at radius 2 is 1.32 bits per heavy atom. The summed E-state index contributed by atoms with van der Waals surface area (Å²) in [6, 6.07) is 21.1. The quantitative estimate of drug-likeness (QED) is 0.433. The second-order valence-corrected chi connectivity index (χ2v) is 7.27. The molecule has 0 aliphatic heterocycles. The molecule has 0 amide bonds. The smallest absolute Gasteiger partial charge is 0.239 e. The van der Waals surface area contributed by atoms with Crippen molar-refractivity contribution in [2.75, 3.05) is 12.5 Å². The third-order valence-electron chi connectivity index (χ3n) is 3.02. The number of alkyl halides is 1. The Bertz CT molecular complexity index is 421. The molecule has 0 spiro atoms. The molecule has 0 saturated heterocycles. The van der Waals surface area contributed by atoms with E-state index >= 15 is 0 Å². The van der Waals surface area contributed by atoms with E-state index in [-0.39, 0.29) is 0 Å². The van der Waals surface area contributed by atoms with Gasteiger partial charge in [0.1, 0.15) is 0 Å². The van der Waals surface area contributed by atoms with Crippen molar-refractivity contribution >= 4 is 31.0 Å². The Morgan fingerprint density at radius 3 is 1.79 bits per heavy atom. The zero-order valence-corrected chi connectivity index (χ0v) is 12.9. The predicted octanol–water partition coefficient (Wildman–Crippen LogP) is 2.56. The van der Waals surface area contributed by atoms with Crippen molar-refractivity contribution in [2.45, 2.75) is 12.8 Å². The van der Waals surface area contributed by atoms with Gasteiger partial charge in [0.05, 0.1) is 0 Å². The van der Waals surface area contributed by atoms with Crippen LogP contribution >= 0.6 is 11.6 Å². The van der Waals surface area contributed by atoms with E-state index in [0.717, 1.165) is 19.4 Å². The monoisotopic (exact) mass is 290 g/mol. The highest BCUT2D eigenvalue weighted by atomic mass is 35.5. The Morgan fingerprint density at radius 1 is 0.789 bits per heavy atom. The van der Waals surface area contributed by atoms with Crippen molar-refractivity contribution in [1.29, 1.82) is 0 Å². The molecule has 19 heavy (non-hydrogen) atoms. The molecule has 0 aliphatic rings. The van der Waals surface area contributed by atoms with E-state index in [1.807, 2.05) is 12.1 Å². The first-order valence-corrected chi connectivity index (χ1v) is 8.85. The summed E-state index contributed by atoms with van der Waals surface area (Å²) in [5.74, 6) is 0.715. The molecule has 3 heteroatoms. The fourth-order valence-corrected chi connectivity index (χ4v) is 4.54. The number of hydrogen-bond acceptors (Lipinski definition) is 1. The molecule has 0 heterocycles. The van der Waals surface area contributed by atoms with Gasteiger partial charge in [-0.25, -0.2) is 0 Å². The van der Waals surface area contributed by atoms with Gasteiger partial charge in [-0.3, -0.25) is 0 Å². The first-order valence-electron chi connectivity index (χ1n) is 6.69. The summed E-state index contributed by atoms with van der Waals surface area (Å²) in [6.07, 6.45) is 2.05. The van der Waals surface area contributed by atoms with Crippen LogP contribution in [0, 0.1) is 0 Å². The predicted molar refractivity (Wildman–Crippen MR) is 85.2 cm³/mol. The Balaban J connectivity index is 2.10. The van der Waals surface area contributed by atoms with Gasteiger partial charge in [0.15, 0.2) is 0 Å². The molecular weight excluding hydrogens is 272 g/mol. The van der Waals surface area contributed by atoms with E-state index < -0.39 is 9.04 Å². The summed E-state index contributed by atoms with van der Waals surface area (Å²) >= 11 is 5.71. The van der Waals surface area contributed by atoms with Crippen LogP contribution in [0.3, 0.4) is 0 Å². The number of unbranched alkanes of at least 4 members (excludes halogenated alkanes) is 1. The molecule has 1 nitrogen and oxygen atoms in total. The molecule has 2 aromatic carbocycles. The van der Waals surface area contributed by atoms with Gasteiger partial charge in [-0.2, -0.15) is 0 Å². The van der Waals surface area contributed by atoms with E-state index in [0.29, 0.717) is 5.88 Å². The van der Waals surface area contributed by atoms with Crippen molar-refractivity contribution in [3.8, 4) is 0 Å². The lowest BCUT2D eigenvalue weighted by atomic mass is 10.4. The minimum absolute atomic E-state index is 0.715. The second-order valence-electron chi connectivity index (χ2n) is 4.47. The zero-order chi connectivity index (χ0) is 13.3. The molecule has 0 N–H and O–H groups in total. The van der Waals surface area contributed by atoms with Gasteiger partial charge in [0.2, 0.25) is 9.04 Å². The maximum absolute atomic E-state index is 6.20. The van der Waals surface area contributed by atoms with Gasteiger partial charge >= 0.3 is 0 Å². The summed E-state index contributed by atoms with van der Waals surface area (Å²) in [6.45, 7) is 0.799. The van der Waals surface area contributed by atoms with Crippen LogP contribution < -0.4 is 10.4 Å². The minimum atomic E-state index is -1.54. The summed E-state index contributed by atoms with van der Waals surface area (Å²) in [5, 5.41) is 2.67. The fraction of sp³-hybridized carbons (Fsp3) is 0.250. The number of hydrogen-bond donors (Lipinski definition) is 0. The largest absolute Gasteiger partial charge is 0.411 e. The Kier molecular flexibility index (Phi) is 6.14. The maximum Gasteiger partial charge on any atom is 0.239 e. The van der Waals surface area contributed by atoms with Crippen LogP contribution in [0.25, 0.3) is 0 Å². The zero-order valence-electron chi connectivity index (χ0n) is 11.0. The molecule has 2 rings (SSSR count). The summed E-state index contributed by atoms with van der Waals surface area (Å²) in [5.41, 5.74) is 0. The Labute approximate surface area is 121 Å². The standard InChI is InChI=1S/C16H19ClOSi/c17-13-7-8-14-18-19(15-9-3-1-4-10-15)16-11-5-2-6-12-16/h1-6,9-12,19H,7-8,13-14H2. The van der Waals surface area contributed by atoms with Gasteiger partial charge in [-0.15, -0.1) is 11.6 Å². The normalized spacial score (nSPS) is 10.8. The highest BCUT2D eigenvalue weighted by Gasteiger charge is 2.16. The highest BCUT2D eigenvalue weighted by Crippen LogP contribution is 1.98. The molecule has 0 radical (unpaired) electrons. The van der Waals surface area contributed by atoms with Crippen molar-refractivity contribution in [1.82, 2.24) is 0 Å². The molecular formula is C16H19ClOSi. The van der Waals surface area contributed by atoms with Gasteiger partial charge in [0, 0.05) is 12.5 Å². The molecule has 0 aliphatic carbocycles. The average molecular weight is 291 g/mol. The second kappa shape index (κ2) is 8.15. The number of benzene rings is 2. The van der Waals surface area contributed by atoms with Crippen LogP contribution in [0.4, 0.5) is 0 Å². The molecule has 0 unspecified atom stereocenters. The van der Waals surface area contributed by atoms with Crippen LogP contribution in [0.1, 0.15) is 12.8 Å². The van der Waals surface area contributed by atoms with Crippen LogP contribution in [-0.4, -0.2) is 21.5 Å². The fourth-order valence-electron chi connectivity index (χ4n) is 2.04. The van der Waals surface area contributed by atoms with Crippen molar-refractivity contribution < 1.29 is 4.43 Å². The van der Waals surface area contributed by atoms with Crippen LogP contribution in [-0.2, 0) is 4.43 Å². The topological polar surface area (TPSA) is 9.23 Å². The molecule has 0 fully saturated rings. The minimum Gasteiger partial charge on any atom is -0.411 e. The third-order valence-corrected chi connectivity index (χ3v) is 5.83. The average Bonchev–Trinajstić information content (AvgIpc) is 2.49. The lowest BCUT2D eigenvalue weighted by Gasteiger charge is -2.17. The molecule has 2 aromatic rings.